The van der Waals surface area contributed by atoms with Crippen molar-refractivity contribution >= 4 is 33.4 Å². The Labute approximate surface area is 190 Å². The summed E-state index contributed by atoms with van der Waals surface area (Å²) in [5, 5.41) is 11.1. The average Bonchev–Trinajstić information content (AvgIpc) is 2.99. The first-order chi connectivity index (χ1) is 14.8. The predicted molar refractivity (Wildman–Crippen MR) is 122 cm³/mol. The Kier molecular flexibility index (Phi) is 7.51. The fraction of sp³-hybridized carbons (Fsp3) is 0.333. The predicted octanol–water partition coefficient (Wildman–Crippen LogP) is 4.69. The quantitative estimate of drug-likeness (QED) is 0.253. The number of carbonyl (C=O) groups is 2. The van der Waals surface area contributed by atoms with Crippen molar-refractivity contribution in [2.45, 2.75) is 32.4 Å². The molecule has 1 fully saturated rings. The molecule has 2 aromatic carbocycles. The zero-order chi connectivity index (χ0) is 22.5. The molecule has 1 heterocycles. The van der Waals surface area contributed by atoms with Crippen LogP contribution in [0.4, 0.5) is 0 Å². The zero-order valence-electron chi connectivity index (χ0n) is 17.8. The van der Waals surface area contributed by atoms with Crippen LogP contribution in [-0.4, -0.2) is 48.1 Å². The molecule has 2 aromatic rings. The van der Waals surface area contributed by atoms with E-state index in [1.54, 1.807) is 31.4 Å². The van der Waals surface area contributed by atoms with E-state index in [-0.39, 0.29) is 17.4 Å². The van der Waals surface area contributed by atoms with Crippen LogP contribution in [0.25, 0.3) is 5.76 Å². The summed E-state index contributed by atoms with van der Waals surface area (Å²) >= 11 is 3.41. The molecule has 0 aliphatic carbocycles. The Balaban J connectivity index is 2.04. The highest BCUT2D eigenvalue weighted by atomic mass is 79.9. The van der Waals surface area contributed by atoms with Crippen molar-refractivity contribution in [3.63, 3.8) is 0 Å². The van der Waals surface area contributed by atoms with Gasteiger partial charge in [0.05, 0.1) is 17.7 Å². The number of halogens is 1. The lowest BCUT2D eigenvalue weighted by Gasteiger charge is -2.25. The average molecular weight is 488 g/mol. The van der Waals surface area contributed by atoms with Crippen LogP contribution in [0.1, 0.15) is 37.4 Å². The molecular formula is C24H26BrNO5. The maximum Gasteiger partial charge on any atom is 0.295 e. The van der Waals surface area contributed by atoms with Gasteiger partial charge in [0.2, 0.25) is 0 Å². The number of Topliss-reactive ketones (excluding diaryl/α,β-unsaturated/α-hetero) is 1. The Morgan fingerprint density at radius 3 is 2.32 bits per heavy atom. The number of ketones is 1. The summed E-state index contributed by atoms with van der Waals surface area (Å²) in [6.45, 7) is 4.67. The summed E-state index contributed by atoms with van der Waals surface area (Å²) in [4.78, 5) is 27.3. The first kappa shape index (κ1) is 23.0. The molecule has 0 radical (unpaired) electrons. The van der Waals surface area contributed by atoms with Crippen LogP contribution >= 0.6 is 15.9 Å². The number of nitrogens with zero attached hydrogens (tertiary/aromatic N) is 1. The molecule has 3 rings (SSSR count). The van der Waals surface area contributed by atoms with Crippen LogP contribution in [0.15, 0.2) is 58.6 Å². The minimum absolute atomic E-state index is 0.0225. The largest absolute Gasteiger partial charge is 0.507 e. The molecule has 0 bridgehead atoms. The monoisotopic (exact) mass is 487 g/mol. The summed E-state index contributed by atoms with van der Waals surface area (Å²) in [7, 11) is 1.59. The minimum atomic E-state index is -0.689. The van der Waals surface area contributed by atoms with Crippen LogP contribution in [0.2, 0.25) is 0 Å². The van der Waals surface area contributed by atoms with Crippen LogP contribution < -0.4 is 4.74 Å². The normalized spacial score (nSPS) is 18.1. The van der Waals surface area contributed by atoms with E-state index < -0.39 is 17.7 Å². The molecule has 6 nitrogen and oxygen atoms in total. The van der Waals surface area contributed by atoms with E-state index in [1.165, 1.54) is 4.90 Å². The van der Waals surface area contributed by atoms with E-state index in [0.29, 0.717) is 30.9 Å². The van der Waals surface area contributed by atoms with Crippen molar-refractivity contribution in [3.8, 4) is 5.75 Å². The van der Waals surface area contributed by atoms with Gasteiger partial charge in [-0.3, -0.25) is 9.59 Å². The van der Waals surface area contributed by atoms with E-state index in [9.17, 15) is 14.7 Å². The lowest BCUT2D eigenvalue weighted by Crippen LogP contribution is -2.31. The molecule has 7 heteroatoms. The molecule has 0 saturated carbocycles. The Morgan fingerprint density at radius 1 is 1.10 bits per heavy atom. The summed E-state index contributed by atoms with van der Waals surface area (Å²) in [5.74, 6) is -0.844. The second kappa shape index (κ2) is 10.1. The standard InChI is InChI=1S/C24H26BrNO5/c1-15(2)31-19-11-7-17(8-12-19)22(27)20-21(16-5-9-18(25)10-6-16)26(13-4-14-30-3)24(29)23(20)28/h5-12,15,21,27H,4,13-14H2,1-3H3/b22-20+. The Bertz CT molecular complexity index is 966. The van der Waals surface area contributed by atoms with Crippen LogP contribution in [0.5, 0.6) is 5.75 Å². The van der Waals surface area contributed by atoms with Crippen molar-refractivity contribution in [1.82, 2.24) is 4.90 Å². The summed E-state index contributed by atoms with van der Waals surface area (Å²) in [6.07, 6.45) is 0.604. The molecule has 164 valence electrons. The second-order valence-corrected chi connectivity index (χ2v) is 8.50. The van der Waals surface area contributed by atoms with Gasteiger partial charge < -0.3 is 19.5 Å². The molecular weight excluding hydrogens is 462 g/mol. The maximum atomic E-state index is 13.0. The highest BCUT2D eigenvalue weighted by Gasteiger charge is 2.45. The third-order valence-corrected chi connectivity index (χ3v) is 5.50. The first-order valence-corrected chi connectivity index (χ1v) is 10.9. The van der Waals surface area contributed by atoms with Gasteiger partial charge in [-0.1, -0.05) is 28.1 Å². The number of likely N-dealkylation sites (tertiary alicyclic amines) is 1. The zero-order valence-corrected chi connectivity index (χ0v) is 19.4. The number of aliphatic hydroxyl groups is 1. The minimum Gasteiger partial charge on any atom is -0.507 e. The molecule has 0 spiro atoms. The van der Waals surface area contributed by atoms with Gasteiger partial charge in [-0.25, -0.2) is 0 Å². The third kappa shape index (κ3) is 5.17. The van der Waals surface area contributed by atoms with Gasteiger partial charge in [-0.05, 0) is 62.2 Å². The van der Waals surface area contributed by atoms with Crippen LogP contribution in [-0.2, 0) is 14.3 Å². The summed E-state index contributed by atoms with van der Waals surface area (Å²) in [5.41, 5.74) is 1.29. The number of rotatable bonds is 8. The molecule has 0 aromatic heterocycles. The lowest BCUT2D eigenvalue weighted by molar-refractivity contribution is -0.140. The molecule has 1 atom stereocenters. The number of hydrogen-bond acceptors (Lipinski definition) is 5. The van der Waals surface area contributed by atoms with Crippen molar-refractivity contribution in [2.75, 3.05) is 20.3 Å². The first-order valence-electron chi connectivity index (χ1n) is 10.1. The molecule has 1 saturated heterocycles. The van der Waals surface area contributed by atoms with Crippen LogP contribution in [0.3, 0.4) is 0 Å². The van der Waals surface area contributed by atoms with E-state index in [2.05, 4.69) is 15.9 Å². The van der Waals surface area contributed by atoms with Gasteiger partial charge in [-0.2, -0.15) is 0 Å². The van der Waals surface area contributed by atoms with Gasteiger partial charge in [0.15, 0.2) is 0 Å². The topological polar surface area (TPSA) is 76.1 Å². The molecule has 1 N–H and O–H groups in total. The Morgan fingerprint density at radius 2 is 1.74 bits per heavy atom. The van der Waals surface area contributed by atoms with Gasteiger partial charge in [0.1, 0.15) is 11.5 Å². The van der Waals surface area contributed by atoms with Crippen molar-refractivity contribution in [2.24, 2.45) is 0 Å². The van der Waals surface area contributed by atoms with E-state index in [0.717, 1.165) is 10.0 Å². The van der Waals surface area contributed by atoms with Crippen molar-refractivity contribution in [3.05, 3.63) is 69.7 Å². The molecule has 1 amide bonds. The fourth-order valence-electron chi connectivity index (χ4n) is 3.60. The van der Waals surface area contributed by atoms with Gasteiger partial charge in [0, 0.05) is 30.3 Å². The number of aliphatic hydroxyl groups excluding tert-OH is 1. The number of methoxy groups -OCH3 is 1. The maximum absolute atomic E-state index is 13.0. The second-order valence-electron chi connectivity index (χ2n) is 7.58. The molecule has 31 heavy (non-hydrogen) atoms. The summed E-state index contributed by atoms with van der Waals surface area (Å²) in [6, 6.07) is 13.6. The van der Waals surface area contributed by atoms with E-state index in [1.807, 2.05) is 38.1 Å². The fourth-order valence-corrected chi connectivity index (χ4v) is 3.86. The number of ether oxygens (including phenoxy) is 2. The molecule has 1 aliphatic heterocycles. The van der Waals surface area contributed by atoms with E-state index in [4.69, 9.17) is 9.47 Å². The number of amides is 1. The molecule has 1 aliphatic rings. The highest BCUT2D eigenvalue weighted by Crippen LogP contribution is 2.39. The molecule has 1 unspecified atom stereocenters. The highest BCUT2D eigenvalue weighted by molar-refractivity contribution is 9.10. The smallest absolute Gasteiger partial charge is 0.295 e. The van der Waals surface area contributed by atoms with E-state index >= 15 is 0 Å². The number of carbonyl (C=O) groups excluding carboxylic acids is 2. The van der Waals surface area contributed by atoms with Crippen molar-refractivity contribution < 1.29 is 24.2 Å². The third-order valence-electron chi connectivity index (χ3n) is 4.97. The van der Waals surface area contributed by atoms with Crippen molar-refractivity contribution in [1.29, 1.82) is 0 Å². The summed E-state index contributed by atoms with van der Waals surface area (Å²) < 4.78 is 11.6. The Hall–Kier alpha value is -2.64. The number of benzene rings is 2. The SMILES string of the molecule is COCCCN1C(=O)C(=O)/C(=C(/O)c2ccc(OC(C)C)cc2)C1c1ccc(Br)cc1. The van der Waals surface area contributed by atoms with Gasteiger partial charge in [-0.15, -0.1) is 0 Å². The van der Waals surface area contributed by atoms with Gasteiger partial charge >= 0.3 is 0 Å². The van der Waals surface area contributed by atoms with Crippen LogP contribution in [0, 0.1) is 0 Å². The number of hydrogen-bond donors (Lipinski definition) is 1. The lowest BCUT2D eigenvalue weighted by atomic mass is 9.95. The van der Waals surface area contributed by atoms with Gasteiger partial charge in [0.25, 0.3) is 11.7 Å².